The van der Waals surface area contributed by atoms with E-state index in [0.717, 1.165) is 27.9 Å². The van der Waals surface area contributed by atoms with Crippen molar-refractivity contribution in [1.29, 1.82) is 10.5 Å². The fourth-order valence-corrected chi connectivity index (χ4v) is 2.88. The van der Waals surface area contributed by atoms with Crippen LogP contribution in [0.2, 0.25) is 0 Å². The number of hydrogen-bond donors (Lipinski definition) is 1. The van der Waals surface area contributed by atoms with Crippen LogP contribution in [0.25, 0.3) is 22.3 Å². The first-order valence-electron chi connectivity index (χ1n) is 7.85. The Morgan fingerprint density at radius 1 is 1.19 bits per heavy atom. The van der Waals surface area contributed by atoms with Gasteiger partial charge in [0.1, 0.15) is 18.0 Å². The molecule has 0 aliphatic heterocycles. The maximum absolute atomic E-state index is 9.22. The summed E-state index contributed by atoms with van der Waals surface area (Å²) in [6.45, 7) is 0. The molecule has 4 aromatic rings. The lowest BCUT2D eigenvalue weighted by Crippen LogP contribution is -2.11. The van der Waals surface area contributed by atoms with Gasteiger partial charge >= 0.3 is 0 Å². The molecule has 1 atom stereocenters. The smallest absolute Gasteiger partial charge is 0.141 e. The van der Waals surface area contributed by atoms with Crippen molar-refractivity contribution < 1.29 is 0 Å². The molecule has 0 aliphatic rings. The maximum atomic E-state index is 9.22. The van der Waals surface area contributed by atoms with E-state index in [0.29, 0.717) is 5.56 Å². The Kier molecular flexibility index (Phi) is 3.85. The molecule has 0 saturated heterocycles. The van der Waals surface area contributed by atoms with Crippen LogP contribution in [0.15, 0.2) is 49.4 Å². The van der Waals surface area contributed by atoms with Gasteiger partial charge in [-0.2, -0.15) is 15.6 Å². The minimum atomic E-state index is -0.335. The highest BCUT2D eigenvalue weighted by atomic mass is 15.3. The Morgan fingerprint density at radius 2 is 2.12 bits per heavy atom. The Morgan fingerprint density at radius 3 is 2.96 bits per heavy atom. The second-order valence-corrected chi connectivity index (χ2v) is 5.67. The zero-order valence-corrected chi connectivity index (χ0v) is 13.5. The third-order valence-corrected chi connectivity index (χ3v) is 4.11. The van der Waals surface area contributed by atoms with Gasteiger partial charge in [0.05, 0.1) is 36.0 Å². The van der Waals surface area contributed by atoms with Gasteiger partial charge in [0.15, 0.2) is 0 Å². The number of pyridine rings is 1. The van der Waals surface area contributed by atoms with Crippen molar-refractivity contribution in [1.82, 2.24) is 29.7 Å². The first-order chi connectivity index (χ1) is 12.8. The second kappa shape index (κ2) is 6.46. The molecule has 4 heterocycles. The zero-order chi connectivity index (χ0) is 17.9. The van der Waals surface area contributed by atoms with Crippen LogP contribution in [-0.4, -0.2) is 29.7 Å². The van der Waals surface area contributed by atoms with Gasteiger partial charge in [0.25, 0.3) is 0 Å². The standard InChI is InChI=1S/C18H12N8/c19-3-1-16(13-5-12(6-20)7-21-8-13)26-10-14(9-25-26)17-15-2-4-22-18(15)24-11-23-17/h2,4-5,7-11,16H,1H2,(H,22,23,24)/t16-/m0/s1. The minimum Gasteiger partial charge on any atom is -0.346 e. The van der Waals surface area contributed by atoms with Crippen molar-refractivity contribution in [3.8, 4) is 23.4 Å². The predicted octanol–water partition coefficient (Wildman–Crippen LogP) is 2.59. The minimum absolute atomic E-state index is 0.209. The first kappa shape index (κ1) is 15.5. The number of nitrogens with one attached hydrogen (secondary N) is 1. The van der Waals surface area contributed by atoms with E-state index in [1.807, 2.05) is 18.5 Å². The highest BCUT2D eigenvalue weighted by Crippen LogP contribution is 2.27. The van der Waals surface area contributed by atoms with Crippen LogP contribution >= 0.6 is 0 Å². The van der Waals surface area contributed by atoms with Gasteiger partial charge in [-0.25, -0.2) is 9.97 Å². The summed E-state index contributed by atoms with van der Waals surface area (Å²) >= 11 is 0. The average Bonchev–Trinajstić information content (AvgIpc) is 3.35. The van der Waals surface area contributed by atoms with Gasteiger partial charge < -0.3 is 4.98 Å². The number of aromatic amines is 1. The SMILES string of the molecule is N#CC[C@@H](c1cncc(C#N)c1)n1cc(-c2ncnc3[nH]ccc23)cn1. The van der Waals surface area contributed by atoms with E-state index in [1.165, 1.54) is 12.5 Å². The van der Waals surface area contributed by atoms with Crippen LogP contribution in [-0.2, 0) is 0 Å². The Bertz CT molecular complexity index is 1160. The van der Waals surface area contributed by atoms with Gasteiger partial charge in [-0.3, -0.25) is 9.67 Å². The molecule has 124 valence electrons. The lowest BCUT2D eigenvalue weighted by molar-refractivity contribution is 0.531. The van der Waals surface area contributed by atoms with E-state index >= 15 is 0 Å². The zero-order valence-electron chi connectivity index (χ0n) is 13.5. The summed E-state index contributed by atoms with van der Waals surface area (Å²) in [6.07, 6.45) is 10.2. The maximum Gasteiger partial charge on any atom is 0.141 e. The van der Waals surface area contributed by atoms with E-state index < -0.39 is 0 Å². The molecular formula is C18H12N8. The van der Waals surface area contributed by atoms with Crippen LogP contribution in [0.1, 0.15) is 23.6 Å². The number of nitriles is 2. The van der Waals surface area contributed by atoms with Crippen LogP contribution < -0.4 is 0 Å². The molecule has 8 heteroatoms. The molecule has 0 unspecified atom stereocenters. The first-order valence-corrected chi connectivity index (χ1v) is 7.85. The molecule has 8 nitrogen and oxygen atoms in total. The van der Waals surface area contributed by atoms with Crippen molar-refractivity contribution in [2.45, 2.75) is 12.5 Å². The molecule has 0 aromatic carbocycles. The van der Waals surface area contributed by atoms with Gasteiger partial charge in [-0.1, -0.05) is 0 Å². The Balaban J connectivity index is 1.76. The molecule has 0 saturated carbocycles. The van der Waals surface area contributed by atoms with Gasteiger partial charge in [0.2, 0.25) is 0 Å². The van der Waals surface area contributed by atoms with E-state index in [9.17, 15) is 5.26 Å². The summed E-state index contributed by atoms with van der Waals surface area (Å²) in [4.78, 5) is 15.7. The fourth-order valence-electron chi connectivity index (χ4n) is 2.88. The molecule has 26 heavy (non-hydrogen) atoms. The van der Waals surface area contributed by atoms with E-state index in [2.05, 4.69) is 37.2 Å². The number of rotatable bonds is 4. The third kappa shape index (κ3) is 2.66. The van der Waals surface area contributed by atoms with Gasteiger partial charge in [0, 0.05) is 35.7 Å². The number of nitrogens with zero attached hydrogens (tertiary/aromatic N) is 7. The lowest BCUT2D eigenvalue weighted by Gasteiger charge is -2.14. The summed E-state index contributed by atoms with van der Waals surface area (Å²) in [5.41, 5.74) is 3.55. The summed E-state index contributed by atoms with van der Waals surface area (Å²) in [7, 11) is 0. The molecule has 0 amide bonds. The Labute approximate surface area is 148 Å². The monoisotopic (exact) mass is 340 g/mol. The van der Waals surface area contributed by atoms with Crippen LogP contribution in [0, 0.1) is 22.7 Å². The highest BCUT2D eigenvalue weighted by Gasteiger charge is 2.17. The van der Waals surface area contributed by atoms with Gasteiger partial charge in [-0.15, -0.1) is 0 Å². The molecule has 0 spiro atoms. The number of H-pyrrole nitrogens is 1. The fraction of sp³-hybridized carbons (Fsp3) is 0.111. The third-order valence-electron chi connectivity index (χ3n) is 4.11. The van der Waals surface area contributed by atoms with Crippen molar-refractivity contribution in [2.24, 2.45) is 0 Å². The van der Waals surface area contributed by atoms with Gasteiger partial charge in [-0.05, 0) is 17.7 Å². The molecule has 0 fully saturated rings. The van der Waals surface area contributed by atoms with E-state index in [1.54, 1.807) is 23.1 Å². The molecule has 4 rings (SSSR count). The summed E-state index contributed by atoms with van der Waals surface area (Å²) in [5.74, 6) is 0. The molecule has 0 bridgehead atoms. The lowest BCUT2D eigenvalue weighted by atomic mass is 10.1. The topological polar surface area (TPSA) is 120 Å². The molecule has 4 aromatic heterocycles. The van der Waals surface area contributed by atoms with Crippen molar-refractivity contribution >= 4 is 11.0 Å². The van der Waals surface area contributed by atoms with Crippen molar-refractivity contribution in [3.63, 3.8) is 0 Å². The van der Waals surface area contributed by atoms with E-state index in [-0.39, 0.29) is 12.5 Å². The molecular weight excluding hydrogens is 328 g/mol. The summed E-state index contributed by atoms with van der Waals surface area (Å²) < 4.78 is 1.71. The number of aromatic nitrogens is 6. The van der Waals surface area contributed by atoms with Crippen molar-refractivity contribution in [3.05, 3.63) is 60.6 Å². The predicted molar refractivity (Wildman–Crippen MR) is 92.4 cm³/mol. The van der Waals surface area contributed by atoms with Crippen LogP contribution in [0.4, 0.5) is 0 Å². The molecule has 0 aliphatic carbocycles. The summed E-state index contributed by atoms with van der Waals surface area (Å²) in [5, 5.41) is 23.6. The van der Waals surface area contributed by atoms with Crippen molar-refractivity contribution in [2.75, 3.05) is 0 Å². The number of hydrogen-bond acceptors (Lipinski definition) is 6. The van der Waals surface area contributed by atoms with Crippen LogP contribution in [0.5, 0.6) is 0 Å². The second-order valence-electron chi connectivity index (χ2n) is 5.67. The van der Waals surface area contributed by atoms with Crippen LogP contribution in [0.3, 0.4) is 0 Å². The largest absolute Gasteiger partial charge is 0.346 e. The quantitative estimate of drug-likeness (QED) is 0.609. The highest BCUT2D eigenvalue weighted by molar-refractivity contribution is 5.89. The Hall–Kier alpha value is -4.04. The number of fused-ring (bicyclic) bond motifs is 1. The molecule has 0 radical (unpaired) electrons. The van der Waals surface area contributed by atoms with E-state index in [4.69, 9.17) is 5.26 Å². The summed E-state index contributed by atoms with van der Waals surface area (Å²) in [6, 6.07) is 7.55. The molecule has 1 N–H and O–H groups in total. The normalized spacial score (nSPS) is 11.8. The average molecular weight is 340 g/mol.